The molecule has 72 valence electrons. The Hall–Kier alpha value is -1.83. The number of esters is 1. The number of benzene rings is 1. The Balaban J connectivity index is 2.35. The average molecular weight is 188 g/mol. The second-order valence-electron chi connectivity index (χ2n) is 2.65. The molecule has 0 N–H and O–H groups in total. The molecule has 0 heterocycles. The van der Waals surface area contributed by atoms with E-state index in [4.69, 9.17) is 4.74 Å². The van der Waals surface area contributed by atoms with Crippen LogP contribution in [-0.4, -0.2) is 12.6 Å². The van der Waals surface area contributed by atoms with Crippen LogP contribution in [0, 0.1) is 0 Å². The van der Waals surface area contributed by atoms with Gasteiger partial charge in [-0.1, -0.05) is 43.0 Å². The highest BCUT2D eigenvalue weighted by Gasteiger charge is 1.90. The van der Waals surface area contributed by atoms with E-state index in [0.29, 0.717) is 0 Å². The van der Waals surface area contributed by atoms with Gasteiger partial charge >= 0.3 is 5.97 Å². The molecule has 0 spiro atoms. The van der Waals surface area contributed by atoms with E-state index in [-0.39, 0.29) is 6.61 Å². The van der Waals surface area contributed by atoms with Gasteiger partial charge in [-0.05, 0) is 11.6 Å². The molecule has 0 aliphatic rings. The molecule has 0 aromatic heterocycles. The summed E-state index contributed by atoms with van der Waals surface area (Å²) in [6.07, 6.45) is 4.84. The van der Waals surface area contributed by atoms with Crippen LogP contribution in [0.5, 0.6) is 0 Å². The van der Waals surface area contributed by atoms with Crippen molar-refractivity contribution in [1.82, 2.24) is 0 Å². The largest absolute Gasteiger partial charge is 0.458 e. The summed E-state index contributed by atoms with van der Waals surface area (Å²) < 4.78 is 4.77. The summed E-state index contributed by atoms with van der Waals surface area (Å²) in [5.74, 6) is -0.400. The average Bonchev–Trinajstić information content (AvgIpc) is 2.25. The second-order valence-corrected chi connectivity index (χ2v) is 2.65. The smallest absolute Gasteiger partial charge is 0.330 e. The Labute approximate surface area is 83.5 Å². The summed E-state index contributed by atoms with van der Waals surface area (Å²) in [6, 6.07) is 9.82. The van der Waals surface area contributed by atoms with Crippen molar-refractivity contribution in [1.29, 1.82) is 0 Å². The third kappa shape index (κ3) is 3.72. The van der Waals surface area contributed by atoms with Gasteiger partial charge in [0, 0.05) is 6.08 Å². The molecule has 0 radical (unpaired) electrons. The van der Waals surface area contributed by atoms with Crippen molar-refractivity contribution in [3.8, 4) is 0 Å². The molecule has 2 nitrogen and oxygen atoms in total. The van der Waals surface area contributed by atoms with E-state index in [1.54, 1.807) is 6.08 Å². The predicted molar refractivity (Wildman–Crippen MR) is 56.6 cm³/mol. The zero-order chi connectivity index (χ0) is 10.2. The SMILES string of the molecule is C=CC(=O)OCC=Cc1ccccc1. The van der Waals surface area contributed by atoms with Crippen LogP contribution in [0.25, 0.3) is 6.08 Å². The lowest BCUT2D eigenvalue weighted by Crippen LogP contribution is -1.98. The van der Waals surface area contributed by atoms with Gasteiger partial charge in [0.15, 0.2) is 0 Å². The van der Waals surface area contributed by atoms with Crippen LogP contribution >= 0.6 is 0 Å². The van der Waals surface area contributed by atoms with Crippen LogP contribution in [0.1, 0.15) is 5.56 Å². The molecule has 0 aliphatic carbocycles. The summed E-state index contributed by atoms with van der Waals surface area (Å²) in [5, 5.41) is 0. The molecule has 0 atom stereocenters. The maximum atomic E-state index is 10.6. The van der Waals surface area contributed by atoms with Gasteiger partial charge in [0.05, 0.1) is 0 Å². The molecule has 0 unspecified atom stereocenters. The normalized spacial score (nSPS) is 10.0. The van der Waals surface area contributed by atoms with Gasteiger partial charge in [-0.15, -0.1) is 0 Å². The molecular weight excluding hydrogens is 176 g/mol. The molecule has 0 aliphatic heterocycles. The van der Waals surface area contributed by atoms with Crippen molar-refractivity contribution >= 4 is 12.0 Å². The lowest BCUT2D eigenvalue weighted by atomic mass is 10.2. The Morgan fingerprint density at radius 2 is 2.07 bits per heavy atom. The molecule has 0 saturated carbocycles. The highest BCUT2D eigenvalue weighted by Crippen LogP contribution is 2.00. The Kier molecular flexibility index (Phi) is 4.21. The van der Waals surface area contributed by atoms with Gasteiger partial charge in [0.25, 0.3) is 0 Å². The van der Waals surface area contributed by atoms with Crippen molar-refractivity contribution < 1.29 is 9.53 Å². The molecule has 1 aromatic rings. The number of carbonyl (C=O) groups is 1. The van der Waals surface area contributed by atoms with Crippen LogP contribution in [0.4, 0.5) is 0 Å². The van der Waals surface area contributed by atoms with E-state index in [1.807, 2.05) is 36.4 Å². The van der Waals surface area contributed by atoms with Crippen molar-refractivity contribution in [2.24, 2.45) is 0 Å². The summed E-state index contributed by atoms with van der Waals surface area (Å²) in [4.78, 5) is 10.6. The number of rotatable bonds is 4. The van der Waals surface area contributed by atoms with Crippen molar-refractivity contribution in [2.45, 2.75) is 0 Å². The minimum Gasteiger partial charge on any atom is -0.458 e. The molecule has 14 heavy (non-hydrogen) atoms. The molecule has 0 fully saturated rings. The van der Waals surface area contributed by atoms with E-state index in [1.165, 1.54) is 0 Å². The van der Waals surface area contributed by atoms with E-state index in [0.717, 1.165) is 11.6 Å². The van der Waals surface area contributed by atoms with Crippen molar-refractivity contribution in [3.63, 3.8) is 0 Å². The summed E-state index contributed by atoms with van der Waals surface area (Å²) in [5.41, 5.74) is 1.09. The second kappa shape index (κ2) is 5.75. The van der Waals surface area contributed by atoms with Gasteiger partial charge in [-0.2, -0.15) is 0 Å². The quantitative estimate of drug-likeness (QED) is 0.535. The summed E-state index contributed by atoms with van der Waals surface area (Å²) in [6.45, 7) is 3.58. The Bertz CT molecular complexity index is 325. The first kappa shape index (κ1) is 10.3. The first-order valence-corrected chi connectivity index (χ1v) is 4.33. The minimum absolute atomic E-state index is 0.278. The van der Waals surface area contributed by atoms with Crippen LogP contribution < -0.4 is 0 Å². The first-order valence-electron chi connectivity index (χ1n) is 4.33. The summed E-state index contributed by atoms with van der Waals surface area (Å²) in [7, 11) is 0. The fourth-order valence-corrected chi connectivity index (χ4v) is 0.938. The molecule has 2 heteroatoms. The van der Waals surface area contributed by atoms with Crippen LogP contribution in [-0.2, 0) is 9.53 Å². The molecule has 0 amide bonds. The zero-order valence-electron chi connectivity index (χ0n) is 7.85. The third-order valence-corrected chi connectivity index (χ3v) is 1.60. The van der Waals surface area contributed by atoms with E-state index >= 15 is 0 Å². The number of ether oxygens (including phenoxy) is 1. The minimum atomic E-state index is -0.400. The fourth-order valence-electron chi connectivity index (χ4n) is 0.938. The van der Waals surface area contributed by atoms with E-state index in [9.17, 15) is 4.79 Å². The highest BCUT2D eigenvalue weighted by molar-refractivity contribution is 5.81. The van der Waals surface area contributed by atoms with Gasteiger partial charge < -0.3 is 4.74 Å². The topological polar surface area (TPSA) is 26.3 Å². The molecular formula is C12H12O2. The van der Waals surface area contributed by atoms with Crippen LogP contribution in [0.15, 0.2) is 49.1 Å². The number of hydrogen-bond acceptors (Lipinski definition) is 2. The standard InChI is InChI=1S/C12H12O2/c1-2-12(13)14-10-6-9-11-7-4-3-5-8-11/h2-9H,1,10H2. The first-order chi connectivity index (χ1) is 6.83. The molecule has 0 bridgehead atoms. The maximum absolute atomic E-state index is 10.6. The van der Waals surface area contributed by atoms with Crippen molar-refractivity contribution in [3.05, 3.63) is 54.6 Å². The molecule has 1 rings (SSSR count). The number of carbonyl (C=O) groups excluding carboxylic acids is 1. The van der Waals surface area contributed by atoms with Crippen LogP contribution in [0.2, 0.25) is 0 Å². The van der Waals surface area contributed by atoms with Gasteiger partial charge in [0.2, 0.25) is 0 Å². The van der Waals surface area contributed by atoms with E-state index in [2.05, 4.69) is 6.58 Å². The number of hydrogen-bond donors (Lipinski definition) is 0. The maximum Gasteiger partial charge on any atom is 0.330 e. The predicted octanol–water partition coefficient (Wildman–Crippen LogP) is 2.43. The molecule has 1 aromatic carbocycles. The van der Waals surface area contributed by atoms with Crippen LogP contribution in [0.3, 0.4) is 0 Å². The lowest BCUT2D eigenvalue weighted by molar-refractivity contribution is -0.136. The van der Waals surface area contributed by atoms with Gasteiger partial charge in [0.1, 0.15) is 6.61 Å². The van der Waals surface area contributed by atoms with E-state index < -0.39 is 5.97 Å². The van der Waals surface area contributed by atoms with Gasteiger partial charge in [-0.25, -0.2) is 4.79 Å². The lowest BCUT2D eigenvalue weighted by Gasteiger charge is -1.95. The highest BCUT2D eigenvalue weighted by atomic mass is 16.5. The Morgan fingerprint density at radius 3 is 2.71 bits per heavy atom. The Morgan fingerprint density at radius 1 is 1.36 bits per heavy atom. The van der Waals surface area contributed by atoms with Crippen molar-refractivity contribution in [2.75, 3.05) is 6.61 Å². The zero-order valence-corrected chi connectivity index (χ0v) is 7.85. The fraction of sp³-hybridized carbons (Fsp3) is 0.0833. The summed E-state index contributed by atoms with van der Waals surface area (Å²) >= 11 is 0. The molecule has 0 saturated heterocycles. The third-order valence-electron chi connectivity index (χ3n) is 1.60. The monoisotopic (exact) mass is 188 g/mol. The van der Waals surface area contributed by atoms with Gasteiger partial charge in [-0.3, -0.25) is 0 Å².